The van der Waals surface area contributed by atoms with E-state index in [0.717, 1.165) is 65.7 Å². The number of rotatable bonds is 0. The fraction of sp³-hybridized carbons (Fsp3) is 0. The Morgan fingerprint density at radius 3 is 1.21 bits per heavy atom. The van der Waals surface area contributed by atoms with E-state index in [1.165, 1.54) is 0 Å². The van der Waals surface area contributed by atoms with Gasteiger partial charge in [0.2, 0.25) is 11.3 Å². The molecule has 0 unspecified atom stereocenters. The third kappa shape index (κ3) is 3.39. The van der Waals surface area contributed by atoms with Crippen LogP contribution in [0.1, 0.15) is 0 Å². The van der Waals surface area contributed by atoms with Gasteiger partial charge in [0, 0.05) is 44.7 Å². The summed E-state index contributed by atoms with van der Waals surface area (Å²) in [6.45, 7) is 0. The molecule has 4 aromatic heterocycles. The summed E-state index contributed by atoms with van der Waals surface area (Å²) in [6.07, 6.45) is 9.65. The van der Waals surface area contributed by atoms with Crippen LogP contribution in [0.3, 0.4) is 0 Å². The van der Waals surface area contributed by atoms with Gasteiger partial charge in [0.05, 0.1) is 23.2 Å². The fourth-order valence-electron chi connectivity index (χ4n) is 5.34. The minimum atomic E-state index is 0.792. The van der Waals surface area contributed by atoms with Crippen LogP contribution in [0, 0.1) is 0 Å². The third-order valence-corrected chi connectivity index (χ3v) is 7.26. The van der Waals surface area contributed by atoms with Crippen LogP contribution in [-0.2, 0) is 0 Å². The van der Waals surface area contributed by atoms with Gasteiger partial charge in [0.1, 0.15) is 0 Å². The average molecular weight is 502 g/mol. The number of benzene rings is 4. The Morgan fingerprint density at radius 2 is 0.769 bits per heavy atom. The van der Waals surface area contributed by atoms with Gasteiger partial charge in [-0.05, 0) is 24.3 Å². The molecule has 8 aromatic rings. The second kappa shape index (κ2) is 8.53. The number of hydrogen-bond donors (Lipinski definition) is 0. The zero-order chi connectivity index (χ0) is 25.8. The first-order chi connectivity index (χ1) is 19.3. The number of hydrogen-bond acceptors (Lipinski definition) is 4. The standard InChI is InChI=1S/C33H21N6/c1-2-10-23-18-35-31-28-15-7-8-16-29(28)33-37-20-25-12-4-3-11-24(25)19-36-32-27-14-6-5-13-26(27)30(34-17-22(23)9-1)38(32)21-39(31)33/h1-21H/q+1. The van der Waals surface area contributed by atoms with Crippen molar-refractivity contribution in [1.82, 2.24) is 24.3 Å². The highest BCUT2D eigenvalue weighted by Crippen LogP contribution is 2.25. The van der Waals surface area contributed by atoms with E-state index in [1.54, 1.807) is 0 Å². The Labute approximate surface area is 222 Å². The predicted octanol–water partition coefficient (Wildman–Crippen LogP) is 6.71. The second-order valence-corrected chi connectivity index (χ2v) is 9.53. The fourth-order valence-corrected chi connectivity index (χ4v) is 5.34. The molecule has 0 N–H and O–H groups in total. The SMILES string of the molecule is c1ccc2cnc3c4ccccc4c4ncc5ccccc5cnc5c6ccccc6c(ncc2c1)n5c[n+]34. The quantitative estimate of drug-likeness (QED) is 0.217. The molecule has 0 aliphatic heterocycles. The lowest BCUT2D eigenvalue weighted by Crippen LogP contribution is -2.21. The maximum absolute atomic E-state index is 5.05. The van der Waals surface area contributed by atoms with Crippen LogP contribution in [-0.4, -0.2) is 24.3 Å². The maximum Gasteiger partial charge on any atom is 0.245 e. The molecule has 0 fully saturated rings. The van der Waals surface area contributed by atoms with Crippen molar-refractivity contribution in [3.8, 4) is 0 Å². The van der Waals surface area contributed by atoms with Crippen molar-refractivity contribution in [2.75, 3.05) is 0 Å². The van der Waals surface area contributed by atoms with Crippen LogP contribution in [0.4, 0.5) is 0 Å². The van der Waals surface area contributed by atoms with Gasteiger partial charge in [-0.3, -0.25) is 0 Å². The normalized spacial score (nSPS) is 11.6. The van der Waals surface area contributed by atoms with Crippen LogP contribution < -0.4 is 4.40 Å². The highest BCUT2D eigenvalue weighted by atomic mass is 15.1. The van der Waals surface area contributed by atoms with E-state index in [0.29, 0.717) is 0 Å². The van der Waals surface area contributed by atoms with Crippen molar-refractivity contribution >= 4 is 65.7 Å². The Morgan fingerprint density at radius 1 is 0.410 bits per heavy atom. The first-order valence-electron chi connectivity index (χ1n) is 12.8. The second-order valence-electron chi connectivity index (χ2n) is 9.53. The zero-order valence-electron chi connectivity index (χ0n) is 20.8. The van der Waals surface area contributed by atoms with E-state index >= 15 is 0 Å². The zero-order valence-corrected chi connectivity index (χ0v) is 20.8. The third-order valence-electron chi connectivity index (χ3n) is 7.26. The topological polar surface area (TPSA) is 60.1 Å². The summed E-state index contributed by atoms with van der Waals surface area (Å²) < 4.78 is 4.10. The molecule has 0 aliphatic carbocycles. The first-order valence-corrected chi connectivity index (χ1v) is 12.8. The monoisotopic (exact) mass is 501 g/mol. The minimum Gasteiger partial charge on any atom is -0.227 e. The molecule has 6 heteroatoms. The van der Waals surface area contributed by atoms with Crippen LogP contribution in [0.2, 0.25) is 0 Å². The van der Waals surface area contributed by atoms with Crippen molar-refractivity contribution in [1.29, 1.82) is 0 Å². The molecular weight excluding hydrogens is 480 g/mol. The molecule has 0 saturated heterocycles. The molecule has 4 heterocycles. The minimum absolute atomic E-state index is 0.792. The molecule has 0 spiro atoms. The van der Waals surface area contributed by atoms with Crippen molar-refractivity contribution in [3.63, 3.8) is 0 Å². The molecule has 8 rings (SSSR count). The molecule has 0 aliphatic rings. The van der Waals surface area contributed by atoms with Gasteiger partial charge >= 0.3 is 0 Å². The van der Waals surface area contributed by atoms with E-state index in [2.05, 4.69) is 57.3 Å². The summed E-state index contributed by atoms with van der Waals surface area (Å²) in [5, 5.41) is 8.02. The van der Waals surface area contributed by atoms with E-state index in [-0.39, 0.29) is 0 Å². The number of nitrogens with zero attached hydrogens (tertiary/aromatic N) is 6. The van der Waals surface area contributed by atoms with Gasteiger partial charge in [-0.1, -0.05) is 72.8 Å². The van der Waals surface area contributed by atoms with Gasteiger partial charge in [0.15, 0.2) is 17.6 Å². The van der Waals surface area contributed by atoms with Gasteiger partial charge < -0.3 is 0 Å². The highest BCUT2D eigenvalue weighted by Gasteiger charge is 2.16. The van der Waals surface area contributed by atoms with Crippen LogP contribution in [0.25, 0.3) is 65.7 Å². The van der Waals surface area contributed by atoms with Gasteiger partial charge in [0.25, 0.3) is 0 Å². The van der Waals surface area contributed by atoms with Crippen LogP contribution >= 0.6 is 0 Å². The maximum atomic E-state index is 5.05. The Bertz CT molecular complexity index is 2030. The predicted molar refractivity (Wildman–Crippen MR) is 156 cm³/mol. The van der Waals surface area contributed by atoms with Crippen molar-refractivity contribution in [2.45, 2.75) is 0 Å². The highest BCUT2D eigenvalue weighted by molar-refractivity contribution is 6.05. The number of fused-ring (bicyclic) bond motifs is 8. The number of aromatic nitrogens is 6. The Balaban J connectivity index is 1.78. The lowest BCUT2D eigenvalue weighted by molar-refractivity contribution is -0.487. The Kier molecular flexibility index (Phi) is 4.72. The van der Waals surface area contributed by atoms with Gasteiger partial charge in [-0.2, -0.15) is 4.40 Å². The lowest BCUT2D eigenvalue weighted by atomic mass is 10.2. The first kappa shape index (κ1) is 21.6. The summed E-state index contributed by atoms with van der Waals surface area (Å²) >= 11 is 0. The summed E-state index contributed by atoms with van der Waals surface area (Å²) in [7, 11) is 0. The smallest absolute Gasteiger partial charge is 0.227 e. The summed E-state index contributed by atoms with van der Waals surface area (Å²) in [6, 6.07) is 32.9. The van der Waals surface area contributed by atoms with Crippen LogP contribution in [0.15, 0.2) is 128 Å². The molecule has 0 atom stereocenters. The molecule has 0 saturated carbocycles. The van der Waals surface area contributed by atoms with Crippen molar-refractivity contribution in [3.05, 3.63) is 128 Å². The average Bonchev–Trinajstić information content (AvgIpc) is 3.42. The van der Waals surface area contributed by atoms with Gasteiger partial charge in [-0.15, -0.1) is 9.97 Å². The summed E-state index contributed by atoms with van der Waals surface area (Å²) in [5.41, 5.74) is 3.17. The summed E-state index contributed by atoms with van der Waals surface area (Å²) in [4.78, 5) is 20.2. The molecule has 6 nitrogen and oxygen atoms in total. The molecular formula is C33H21N6+. The Hall–Kier alpha value is -5.49. The molecule has 0 amide bonds. The van der Waals surface area contributed by atoms with Crippen LogP contribution in [0.5, 0.6) is 0 Å². The molecule has 182 valence electrons. The summed E-state index contributed by atoms with van der Waals surface area (Å²) in [5.74, 6) is 0. The molecule has 4 aromatic carbocycles. The van der Waals surface area contributed by atoms with E-state index in [4.69, 9.17) is 19.9 Å². The van der Waals surface area contributed by atoms with E-state index in [1.807, 2.05) is 79.6 Å². The molecule has 0 radical (unpaired) electrons. The van der Waals surface area contributed by atoms with E-state index in [9.17, 15) is 0 Å². The van der Waals surface area contributed by atoms with Crippen molar-refractivity contribution in [2.24, 2.45) is 0 Å². The van der Waals surface area contributed by atoms with Crippen molar-refractivity contribution < 1.29 is 4.40 Å². The van der Waals surface area contributed by atoms with E-state index < -0.39 is 0 Å². The molecule has 39 heavy (non-hydrogen) atoms. The largest absolute Gasteiger partial charge is 0.245 e. The lowest BCUT2D eigenvalue weighted by Gasteiger charge is -1.89. The van der Waals surface area contributed by atoms with Gasteiger partial charge in [-0.25, -0.2) is 14.4 Å². The molecule has 2 bridgehead atoms.